The summed E-state index contributed by atoms with van der Waals surface area (Å²) in [6, 6.07) is 5.42. The number of nitrogens with two attached hydrogens (primary N) is 1. The molecular formula is C17H26BrNO. The largest absolute Gasteiger partial charge is 0.398 e. The molecule has 112 valence electrons. The molecule has 0 spiro atoms. The molecule has 0 bridgehead atoms. The Hall–Kier alpha value is -0.830. The average Bonchev–Trinajstić information content (AvgIpc) is 2.44. The Morgan fingerprint density at radius 2 is 1.65 bits per heavy atom. The van der Waals surface area contributed by atoms with Gasteiger partial charge >= 0.3 is 0 Å². The van der Waals surface area contributed by atoms with Crippen molar-refractivity contribution in [3.05, 3.63) is 28.2 Å². The highest BCUT2D eigenvalue weighted by Crippen LogP contribution is 2.21. The molecule has 0 saturated carbocycles. The van der Waals surface area contributed by atoms with E-state index in [0.717, 1.165) is 22.9 Å². The Morgan fingerprint density at radius 1 is 1.05 bits per heavy atom. The normalized spacial score (nSPS) is 10.7. The van der Waals surface area contributed by atoms with Crippen LogP contribution in [0.25, 0.3) is 0 Å². The van der Waals surface area contributed by atoms with E-state index in [1.54, 1.807) is 6.07 Å². The van der Waals surface area contributed by atoms with Crippen LogP contribution in [0, 0.1) is 0 Å². The molecule has 0 amide bonds. The molecular weight excluding hydrogens is 314 g/mol. The van der Waals surface area contributed by atoms with E-state index in [1.165, 1.54) is 38.5 Å². The van der Waals surface area contributed by atoms with E-state index in [4.69, 9.17) is 5.73 Å². The maximum absolute atomic E-state index is 12.0. The third-order valence-electron chi connectivity index (χ3n) is 3.58. The van der Waals surface area contributed by atoms with Gasteiger partial charge in [-0.25, -0.2) is 0 Å². The number of ketones is 1. The number of unbranched alkanes of at least 4 members (excludes halogenated alkanes) is 7. The van der Waals surface area contributed by atoms with Gasteiger partial charge in [-0.15, -0.1) is 0 Å². The monoisotopic (exact) mass is 339 g/mol. The first-order valence-corrected chi connectivity index (χ1v) is 8.52. The lowest BCUT2D eigenvalue weighted by Gasteiger charge is -2.04. The smallest absolute Gasteiger partial charge is 0.162 e. The zero-order valence-electron chi connectivity index (χ0n) is 12.5. The lowest BCUT2D eigenvalue weighted by molar-refractivity contribution is 0.0979. The number of hydrogen-bond acceptors (Lipinski definition) is 2. The number of halogens is 1. The van der Waals surface area contributed by atoms with Crippen molar-refractivity contribution in [3.63, 3.8) is 0 Å². The van der Waals surface area contributed by atoms with Gasteiger partial charge in [-0.05, 0) is 40.5 Å². The molecule has 2 N–H and O–H groups in total. The molecule has 0 radical (unpaired) electrons. The van der Waals surface area contributed by atoms with E-state index in [0.29, 0.717) is 12.1 Å². The summed E-state index contributed by atoms with van der Waals surface area (Å²) in [5.41, 5.74) is 7.15. The molecule has 1 rings (SSSR count). The van der Waals surface area contributed by atoms with Crippen LogP contribution in [0.4, 0.5) is 5.69 Å². The highest BCUT2D eigenvalue weighted by molar-refractivity contribution is 9.10. The Bertz CT molecular complexity index is 417. The standard InChI is InChI=1S/C17H26BrNO/c1-2-3-4-5-6-7-8-9-10-17(20)14-11-12-16(19)15(18)13-14/h11-13H,2-10,19H2,1H3. The van der Waals surface area contributed by atoms with Crippen LogP contribution in [0.5, 0.6) is 0 Å². The summed E-state index contributed by atoms with van der Waals surface area (Å²) in [6.07, 6.45) is 10.7. The van der Waals surface area contributed by atoms with Crippen LogP contribution < -0.4 is 5.73 Å². The molecule has 0 aliphatic rings. The summed E-state index contributed by atoms with van der Waals surface area (Å²) in [5.74, 6) is 0.219. The number of hydrogen-bond donors (Lipinski definition) is 1. The zero-order chi connectivity index (χ0) is 14.8. The number of carbonyl (C=O) groups is 1. The van der Waals surface area contributed by atoms with Gasteiger partial charge in [0.15, 0.2) is 5.78 Å². The van der Waals surface area contributed by atoms with Crippen molar-refractivity contribution in [3.8, 4) is 0 Å². The molecule has 1 aromatic carbocycles. The summed E-state index contributed by atoms with van der Waals surface area (Å²) in [4.78, 5) is 12.0. The molecule has 2 nitrogen and oxygen atoms in total. The number of carbonyl (C=O) groups excluding carboxylic acids is 1. The van der Waals surface area contributed by atoms with Crippen LogP contribution in [0.1, 0.15) is 75.1 Å². The van der Waals surface area contributed by atoms with Crippen molar-refractivity contribution in [2.75, 3.05) is 5.73 Å². The van der Waals surface area contributed by atoms with Crippen LogP contribution in [0.2, 0.25) is 0 Å². The van der Waals surface area contributed by atoms with Gasteiger partial charge in [0.25, 0.3) is 0 Å². The molecule has 0 unspecified atom stereocenters. The minimum atomic E-state index is 0.219. The predicted molar refractivity (Wildman–Crippen MR) is 90.1 cm³/mol. The number of rotatable bonds is 10. The van der Waals surface area contributed by atoms with Crippen molar-refractivity contribution in [1.29, 1.82) is 0 Å². The topological polar surface area (TPSA) is 43.1 Å². The van der Waals surface area contributed by atoms with Crippen molar-refractivity contribution in [2.45, 2.75) is 64.7 Å². The quantitative estimate of drug-likeness (QED) is 0.335. The van der Waals surface area contributed by atoms with E-state index >= 15 is 0 Å². The van der Waals surface area contributed by atoms with Crippen LogP contribution >= 0.6 is 15.9 Å². The number of nitrogen functional groups attached to an aromatic ring is 1. The molecule has 0 aromatic heterocycles. The first-order chi connectivity index (χ1) is 9.65. The second-order valence-corrected chi connectivity index (χ2v) is 6.24. The molecule has 0 saturated heterocycles. The van der Waals surface area contributed by atoms with Gasteiger partial charge in [-0.3, -0.25) is 4.79 Å². The fourth-order valence-electron chi connectivity index (χ4n) is 2.26. The second-order valence-electron chi connectivity index (χ2n) is 5.38. The maximum atomic E-state index is 12.0. The van der Waals surface area contributed by atoms with E-state index in [9.17, 15) is 4.79 Å². The molecule has 0 aliphatic heterocycles. The third-order valence-corrected chi connectivity index (χ3v) is 4.27. The molecule has 3 heteroatoms. The minimum Gasteiger partial charge on any atom is -0.398 e. The summed E-state index contributed by atoms with van der Waals surface area (Å²) in [6.45, 7) is 2.24. The Balaban J connectivity index is 2.15. The minimum absolute atomic E-state index is 0.219. The van der Waals surface area contributed by atoms with Crippen LogP contribution in [-0.4, -0.2) is 5.78 Å². The lowest BCUT2D eigenvalue weighted by Crippen LogP contribution is -2.00. The molecule has 0 aliphatic carbocycles. The fraction of sp³-hybridized carbons (Fsp3) is 0.588. The van der Waals surface area contributed by atoms with Crippen molar-refractivity contribution in [2.24, 2.45) is 0 Å². The summed E-state index contributed by atoms with van der Waals surface area (Å²) < 4.78 is 0.805. The average molecular weight is 340 g/mol. The molecule has 0 atom stereocenters. The van der Waals surface area contributed by atoms with Gasteiger partial charge in [-0.2, -0.15) is 0 Å². The molecule has 1 aromatic rings. The highest BCUT2D eigenvalue weighted by atomic mass is 79.9. The van der Waals surface area contributed by atoms with Gasteiger partial charge in [-0.1, -0.05) is 51.9 Å². The van der Waals surface area contributed by atoms with Gasteiger partial charge in [0.1, 0.15) is 0 Å². The van der Waals surface area contributed by atoms with E-state index in [-0.39, 0.29) is 5.78 Å². The molecule has 0 heterocycles. The van der Waals surface area contributed by atoms with Gasteiger partial charge in [0.05, 0.1) is 0 Å². The van der Waals surface area contributed by atoms with Gasteiger partial charge < -0.3 is 5.73 Å². The summed E-state index contributed by atoms with van der Waals surface area (Å²) >= 11 is 3.36. The van der Waals surface area contributed by atoms with Crippen molar-refractivity contribution < 1.29 is 4.79 Å². The number of Topliss-reactive ketones (excluding diaryl/α,β-unsaturated/α-hetero) is 1. The van der Waals surface area contributed by atoms with Crippen LogP contribution in [-0.2, 0) is 0 Å². The number of benzene rings is 1. The Morgan fingerprint density at radius 3 is 2.25 bits per heavy atom. The SMILES string of the molecule is CCCCCCCCCCC(=O)c1ccc(N)c(Br)c1. The van der Waals surface area contributed by atoms with Crippen LogP contribution in [0.15, 0.2) is 22.7 Å². The van der Waals surface area contributed by atoms with E-state index in [2.05, 4.69) is 22.9 Å². The Labute approximate surface area is 131 Å². The first kappa shape index (κ1) is 17.2. The second kappa shape index (κ2) is 9.98. The Kier molecular flexibility index (Phi) is 8.59. The van der Waals surface area contributed by atoms with Crippen molar-refractivity contribution >= 4 is 27.4 Å². The maximum Gasteiger partial charge on any atom is 0.162 e. The first-order valence-electron chi connectivity index (χ1n) is 7.73. The molecule has 0 fully saturated rings. The predicted octanol–water partition coefficient (Wildman–Crippen LogP) is 5.74. The zero-order valence-corrected chi connectivity index (χ0v) is 14.0. The molecule has 20 heavy (non-hydrogen) atoms. The van der Waals surface area contributed by atoms with E-state index in [1.807, 2.05) is 12.1 Å². The summed E-state index contributed by atoms with van der Waals surface area (Å²) in [5, 5.41) is 0. The third kappa shape index (κ3) is 6.56. The van der Waals surface area contributed by atoms with Crippen molar-refractivity contribution in [1.82, 2.24) is 0 Å². The lowest BCUT2D eigenvalue weighted by atomic mass is 10.0. The fourth-order valence-corrected chi connectivity index (χ4v) is 2.64. The number of anilines is 1. The van der Waals surface area contributed by atoms with Crippen LogP contribution in [0.3, 0.4) is 0 Å². The summed E-state index contributed by atoms with van der Waals surface area (Å²) in [7, 11) is 0. The van der Waals surface area contributed by atoms with E-state index < -0.39 is 0 Å². The van der Waals surface area contributed by atoms with Gasteiger partial charge in [0.2, 0.25) is 0 Å². The highest BCUT2D eigenvalue weighted by Gasteiger charge is 2.07. The van der Waals surface area contributed by atoms with Gasteiger partial charge in [0, 0.05) is 22.1 Å².